The van der Waals surface area contributed by atoms with Crippen molar-refractivity contribution >= 4 is 34.3 Å². The van der Waals surface area contributed by atoms with Crippen LogP contribution < -0.4 is 10.9 Å². The Morgan fingerprint density at radius 1 is 1.00 bits per heavy atom. The Morgan fingerprint density at radius 3 is 2.34 bits per heavy atom. The first-order valence-electron chi connectivity index (χ1n) is 9.80. The Hall–Kier alpha value is -3.52. The molecule has 0 saturated carbocycles. The maximum absolute atomic E-state index is 13.8. The Bertz CT molecular complexity index is 1360. The molecule has 0 aliphatic heterocycles. The highest BCUT2D eigenvalue weighted by molar-refractivity contribution is 7.99. The molecule has 4 rings (SSSR count). The molecule has 1 N–H and O–H groups in total. The summed E-state index contributed by atoms with van der Waals surface area (Å²) < 4.78 is 29.1. The minimum absolute atomic E-state index is 0.191. The van der Waals surface area contributed by atoms with Gasteiger partial charge in [0.1, 0.15) is 17.3 Å². The van der Waals surface area contributed by atoms with Crippen molar-refractivity contribution in [1.29, 1.82) is 0 Å². The van der Waals surface area contributed by atoms with Crippen LogP contribution in [0.15, 0.2) is 70.6 Å². The quantitative estimate of drug-likeness (QED) is 0.342. The summed E-state index contributed by atoms with van der Waals surface area (Å²) >= 11 is 1.02. The van der Waals surface area contributed by atoms with Gasteiger partial charge >= 0.3 is 0 Å². The lowest BCUT2D eigenvalue weighted by Gasteiger charge is -2.14. The highest BCUT2D eigenvalue weighted by Crippen LogP contribution is 2.24. The van der Waals surface area contributed by atoms with E-state index in [9.17, 15) is 18.4 Å². The van der Waals surface area contributed by atoms with E-state index < -0.39 is 23.2 Å². The second-order valence-electron chi connectivity index (χ2n) is 7.33. The largest absolute Gasteiger partial charge is 0.320 e. The number of carbonyl (C=O) groups excluding carboxylic acids is 1. The van der Waals surface area contributed by atoms with Crippen LogP contribution in [0, 0.1) is 25.5 Å². The molecule has 32 heavy (non-hydrogen) atoms. The Balaban J connectivity index is 1.71. The summed E-state index contributed by atoms with van der Waals surface area (Å²) in [6.45, 7) is 3.86. The van der Waals surface area contributed by atoms with Gasteiger partial charge < -0.3 is 5.32 Å². The van der Waals surface area contributed by atoms with Gasteiger partial charge in [-0.3, -0.25) is 14.2 Å². The number of aromatic nitrogens is 2. The van der Waals surface area contributed by atoms with Crippen LogP contribution in [0.4, 0.5) is 14.5 Å². The molecule has 8 heteroatoms. The molecule has 162 valence electrons. The van der Waals surface area contributed by atoms with E-state index in [-0.39, 0.29) is 11.3 Å². The third kappa shape index (κ3) is 4.40. The summed E-state index contributed by atoms with van der Waals surface area (Å²) in [5.74, 6) is -2.53. The number of nitrogens with zero attached hydrogens (tertiary/aromatic N) is 2. The molecular weight excluding hydrogens is 432 g/mol. The molecule has 3 aromatic carbocycles. The summed E-state index contributed by atoms with van der Waals surface area (Å²) in [5, 5.41) is 3.01. The topological polar surface area (TPSA) is 64.0 Å². The van der Waals surface area contributed by atoms with E-state index in [0.29, 0.717) is 21.7 Å². The van der Waals surface area contributed by atoms with Crippen molar-refractivity contribution in [2.24, 2.45) is 0 Å². The van der Waals surface area contributed by atoms with Gasteiger partial charge in [0, 0.05) is 0 Å². The van der Waals surface area contributed by atoms with Crippen molar-refractivity contribution in [3.8, 4) is 5.69 Å². The van der Waals surface area contributed by atoms with E-state index in [0.717, 1.165) is 35.0 Å². The number of aryl methyl sites for hydroxylation is 2. The molecule has 0 bridgehead atoms. The zero-order valence-electron chi connectivity index (χ0n) is 17.4. The zero-order chi connectivity index (χ0) is 22.8. The second kappa shape index (κ2) is 8.92. The molecule has 1 aromatic heterocycles. The summed E-state index contributed by atoms with van der Waals surface area (Å²) in [6, 6.07) is 16.0. The summed E-state index contributed by atoms with van der Waals surface area (Å²) in [5.41, 5.74) is 2.32. The summed E-state index contributed by atoms with van der Waals surface area (Å²) in [7, 11) is 0. The molecule has 0 fully saturated rings. The van der Waals surface area contributed by atoms with E-state index in [1.165, 1.54) is 10.6 Å². The number of amides is 1. The van der Waals surface area contributed by atoms with Crippen molar-refractivity contribution in [2.75, 3.05) is 11.1 Å². The predicted molar refractivity (Wildman–Crippen MR) is 123 cm³/mol. The highest BCUT2D eigenvalue weighted by Gasteiger charge is 2.17. The van der Waals surface area contributed by atoms with E-state index in [1.54, 1.807) is 24.3 Å². The van der Waals surface area contributed by atoms with E-state index in [1.807, 2.05) is 32.0 Å². The first-order valence-corrected chi connectivity index (χ1v) is 10.8. The molecule has 0 aliphatic carbocycles. The summed E-state index contributed by atoms with van der Waals surface area (Å²) in [4.78, 5) is 30.3. The maximum Gasteiger partial charge on any atom is 0.266 e. The van der Waals surface area contributed by atoms with E-state index >= 15 is 0 Å². The average Bonchev–Trinajstić information content (AvgIpc) is 2.74. The minimum Gasteiger partial charge on any atom is -0.320 e. The van der Waals surface area contributed by atoms with Crippen LogP contribution >= 0.6 is 11.8 Å². The van der Waals surface area contributed by atoms with Crippen molar-refractivity contribution in [1.82, 2.24) is 9.55 Å². The molecule has 0 radical (unpaired) electrons. The lowest BCUT2D eigenvalue weighted by Crippen LogP contribution is -2.23. The van der Waals surface area contributed by atoms with Gasteiger partial charge in [-0.05, 0) is 61.4 Å². The first kappa shape index (κ1) is 21.7. The Labute approximate surface area is 187 Å². The second-order valence-corrected chi connectivity index (χ2v) is 8.27. The third-order valence-electron chi connectivity index (χ3n) is 4.77. The standard InChI is InChI=1S/C24H19F2N3O2S/c1-14-10-15(2)12-16(11-14)29-23(31)17-6-3-4-9-20(17)27-24(29)32-13-21(30)28-22-18(25)7-5-8-19(22)26/h3-12H,13H2,1-2H3,(H,28,30). The number of para-hydroxylation sites is 2. The molecule has 0 aliphatic rings. The zero-order valence-corrected chi connectivity index (χ0v) is 18.2. The lowest BCUT2D eigenvalue weighted by atomic mass is 10.1. The Kier molecular flexibility index (Phi) is 6.05. The number of halogens is 2. The fourth-order valence-corrected chi connectivity index (χ4v) is 4.25. The monoisotopic (exact) mass is 451 g/mol. The molecule has 1 heterocycles. The molecule has 4 aromatic rings. The van der Waals surface area contributed by atoms with Crippen molar-refractivity contribution < 1.29 is 13.6 Å². The van der Waals surface area contributed by atoms with Crippen molar-refractivity contribution in [3.63, 3.8) is 0 Å². The SMILES string of the molecule is Cc1cc(C)cc(-n2c(SCC(=O)Nc3c(F)cccc3F)nc3ccccc3c2=O)c1. The molecular formula is C24H19F2N3O2S. The van der Waals surface area contributed by atoms with Crippen LogP contribution in [-0.2, 0) is 4.79 Å². The van der Waals surface area contributed by atoms with Crippen LogP contribution in [-0.4, -0.2) is 21.2 Å². The minimum atomic E-state index is -0.862. The maximum atomic E-state index is 13.8. The van der Waals surface area contributed by atoms with Gasteiger partial charge in [-0.25, -0.2) is 13.8 Å². The Morgan fingerprint density at radius 2 is 1.66 bits per heavy atom. The van der Waals surface area contributed by atoms with Gasteiger partial charge in [0.15, 0.2) is 5.16 Å². The average molecular weight is 451 g/mol. The predicted octanol–water partition coefficient (Wildman–Crippen LogP) is 5.01. The number of hydrogen-bond acceptors (Lipinski definition) is 4. The van der Waals surface area contributed by atoms with Crippen LogP contribution in [0.25, 0.3) is 16.6 Å². The van der Waals surface area contributed by atoms with Crippen LogP contribution in [0.3, 0.4) is 0 Å². The third-order valence-corrected chi connectivity index (χ3v) is 5.71. The number of hydrogen-bond donors (Lipinski definition) is 1. The molecule has 0 unspecified atom stereocenters. The van der Waals surface area contributed by atoms with Gasteiger partial charge in [0.05, 0.1) is 22.3 Å². The molecule has 0 spiro atoms. The number of carbonyl (C=O) groups is 1. The van der Waals surface area contributed by atoms with E-state index in [2.05, 4.69) is 10.3 Å². The van der Waals surface area contributed by atoms with Gasteiger partial charge in [-0.2, -0.15) is 0 Å². The van der Waals surface area contributed by atoms with E-state index in [4.69, 9.17) is 0 Å². The van der Waals surface area contributed by atoms with Gasteiger partial charge in [-0.15, -0.1) is 0 Å². The number of anilines is 1. The van der Waals surface area contributed by atoms with Gasteiger partial charge in [0.2, 0.25) is 5.91 Å². The number of fused-ring (bicyclic) bond motifs is 1. The van der Waals surface area contributed by atoms with Gasteiger partial charge in [0.25, 0.3) is 5.56 Å². The van der Waals surface area contributed by atoms with Crippen molar-refractivity contribution in [3.05, 3.63) is 93.8 Å². The molecule has 5 nitrogen and oxygen atoms in total. The fourth-order valence-electron chi connectivity index (χ4n) is 3.44. The number of thioether (sulfide) groups is 1. The fraction of sp³-hybridized carbons (Fsp3) is 0.125. The smallest absolute Gasteiger partial charge is 0.266 e. The first-order chi connectivity index (χ1) is 15.3. The molecule has 1 amide bonds. The molecule has 0 atom stereocenters. The summed E-state index contributed by atoms with van der Waals surface area (Å²) in [6.07, 6.45) is 0. The number of nitrogens with one attached hydrogen (secondary N) is 1. The van der Waals surface area contributed by atoms with Gasteiger partial charge in [-0.1, -0.05) is 36.0 Å². The highest BCUT2D eigenvalue weighted by atomic mass is 32.2. The lowest BCUT2D eigenvalue weighted by molar-refractivity contribution is -0.113. The number of benzene rings is 3. The van der Waals surface area contributed by atoms with Crippen LogP contribution in [0.5, 0.6) is 0 Å². The van der Waals surface area contributed by atoms with Crippen LogP contribution in [0.2, 0.25) is 0 Å². The normalized spacial score (nSPS) is 11.0. The number of rotatable bonds is 5. The van der Waals surface area contributed by atoms with Crippen molar-refractivity contribution in [2.45, 2.75) is 19.0 Å². The van der Waals surface area contributed by atoms with Crippen LogP contribution in [0.1, 0.15) is 11.1 Å². The molecule has 0 saturated heterocycles.